The van der Waals surface area contributed by atoms with Crippen LogP contribution < -0.4 is 15.4 Å². The quantitative estimate of drug-likeness (QED) is 0.703. The number of aromatic amines is 1. The molecular weight excluding hydrogens is 316 g/mol. The first-order valence-electron chi connectivity index (χ1n) is 7.41. The van der Waals surface area contributed by atoms with Crippen molar-refractivity contribution < 1.29 is 14.3 Å². The van der Waals surface area contributed by atoms with Crippen LogP contribution in [-0.4, -0.2) is 40.3 Å². The summed E-state index contributed by atoms with van der Waals surface area (Å²) in [5, 5.41) is 4.97. The van der Waals surface area contributed by atoms with E-state index in [0.29, 0.717) is 18.3 Å². The number of H-pyrrole nitrogens is 1. The van der Waals surface area contributed by atoms with Crippen LogP contribution in [0.25, 0.3) is 11.0 Å². The van der Waals surface area contributed by atoms with E-state index in [4.69, 9.17) is 4.74 Å². The van der Waals surface area contributed by atoms with Crippen LogP contribution in [0.1, 0.15) is 20.8 Å². The van der Waals surface area contributed by atoms with E-state index in [1.807, 2.05) is 25.1 Å². The molecule has 0 saturated heterocycles. The second-order valence-electron chi connectivity index (χ2n) is 4.76. The number of nitrogens with one attached hydrogen (secondary N) is 3. The molecule has 124 valence electrons. The number of aromatic nitrogens is 2. The Labute approximate surface area is 138 Å². The number of ether oxygens (including phenoxy) is 1. The monoisotopic (exact) mass is 336 g/mol. The fraction of sp³-hybridized carbons (Fsp3) is 0.400. The third-order valence-electron chi connectivity index (χ3n) is 2.97. The molecule has 7 nitrogen and oxygen atoms in total. The van der Waals surface area contributed by atoms with Gasteiger partial charge in [0, 0.05) is 12.6 Å². The second kappa shape index (κ2) is 7.87. The molecule has 0 unspecified atom stereocenters. The lowest BCUT2D eigenvalue weighted by Crippen LogP contribution is -2.42. The highest BCUT2D eigenvalue weighted by atomic mass is 32.2. The van der Waals surface area contributed by atoms with E-state index in [-0.39, 0.29) is 5.91 Å². The number of imidazole rings is 1. The molecule has 0 saturated carbocycles. The zero-order valence-corrected chi connectivity index (χ0v) is 14.1. The molecule has 3 amide bonds. The highest BCUT2D eigenvalue weighted by molar-refractivity contribution is 8.00. The number of amides is 3. The van der Waals surface area contributed by atoms with E-state index in [1.165, 1.54) is 11.8 Å². The third-order valence-corrected chi connectivity index (χ3v) is 3.96. The molecule has 0 bridgehead atoms. The maximum Gasteiger partial charge on any atom is 0.321 e. The maximum atomic E-state index is 11.9. The van der Waals surface area contributed by atoms with Crippen LogP contribution >= 0.6 is 11.8 Å². The number of hydrogen-bond acceptors (Lipinski definition) is 5. The van der Waals surface area contributed by atoms with Crippen molar-refractivity contribution in [1.29, 1.82) is 0 Å². The number of carbonyl (C=O) groups is 2. The lowest BCUT2D eigenvalue weighted by atomic mass is 10.3. The molecular formula is C15H20N4O3S. The first-order chi connectivity index (χ1) is 11.0. The number of imide groups is 1. The van der Waals surface area contributed by atoms with Crippen LogP contribution in [-0.2, 0) is 4.79 Å². The van der Waals surface area contributed by atoms with Crippen molar-refractivity contribution in [2.24, 2.45) is 0 Å². The first-order valence-corrected chi connectivity index (χ1v) is 8.29. The van der Waals surface area contributed by atoms with E-state index < -0.39 is 11.3 Å². The van der Waals surface area contributed by atoms with Crippen LogP contribution in [0.2, 0.25) is 0 Å². The van der Waals surface area contributed by atoms with E-state index in [9.17, 15) is 9.59 Å². The van der Waals surface area contributed by atoms with Gasteiger partial charge in [0.15, 0.2) is 5.16 Å². The van der Waals surface area contributed by atoms with Gasteiger partial charge in [-0.05, 0) is 32.9 Å². The zero-order chi connectivity index (χ0) is 16.8. The van der Waals surface area contributed by atoms with E-state index in [2.05, 4.69) is 20.6 Å². The Morgan fingerprint density at radius 1 is 1.39 bits per heavy atom. The van der Waals surface area contributed by atoms with Gasteiger partial charge in [-0.15, -0.1) is 0 Å². The summed E-state index contributed by atoms with van der Waals surface area (Å²) >= 11 is 1.26. The number of fused-ring (bicyclic) bond motifs is 1. The van der Waals surface area contributed by atoms with E-state index in [1.54, 1.807) is 13.8 Å². The first kappa shape index (κ1) is 17.1. The number of rotatable bonds is 6. The van der Waals surface area contributed by atoms with Crippen LogP contribution in [0.4, 0.5) is 4.79 Å². The molecule has 1 aromatic carbocycles. The topological polar surface area (TPSA) is 96.1 Å². The van der Waals surface area contributed by atoms with Crippen LogP contribution in [0.15, 0.2) is 23.4 Å². The predicted molar refractivity (Wildman–Crippen MR) is 89.8 cm³/mol. The number of carbonyl (C=O) groups excluding carboxylic acids is 2. The highest BCUT2D eigenvalue weighted by Gasteiger charge is 2.18. The average Bonchev–Trinajstić information content (AvgIpc) is 2.89. The SMILES string of the molecule is CCNC(=O)NC(=O)[C@@H](C)Sc1nc2ccc(OCC)cc2[nH]1. The summed E-state index contributed by atoms with van der Waals surface area (Å²) < 4.78 is 5.45. The summed E-state index contributed by atoms with van der Waals surface area (Å²) in [4.78, 5) is 30.9. The van der Waals surface area contributed by atoms with Crippen molar-refractivity contribution in [3.63, 3.8) is 0 Å². The molecule has 2 rings (SSSR count). The van der Waals surface area contributed by atoms with Crippen molar-refractivity contribution in [3.8, 4) is 5.75 Å². The Morgan fingerprint density at radius 2 is 2.17 bits per heavy atom. The van der Waals surface area contributed by atoms with Crippen LogP contribution in [0.3, 0.4) is 0 Å². The Morgan fingerprint density at radius 3 is 2.87 bits per heavy atom. The molecule has 0 fully saturated rings. The Hall–Kier alpha value is -2.22. The fourth-order valence-corrected chi connectivity index (χ4v) is 2.74. The molecule has 1 aromatic heterocycles. The largest absolute Gasteiger partial charge is 0.494 e. The van der Waals surface area contributed by atoms with Gasteiger partial charge in [0.1, 0.15) is 5.75 Å². The summed E-state index contributed by atoms with van der Waals surface area (Å²) in [6.45, 7) is 6.49. The van der Waals surface area contributed by atoms with Crippen molar-refractivity contribution in [2.75, 3.05) is 13.2 Å². The highest BCUT2D eigenvalue weighted by Crippen LogP contribution is 2.25. The van der Waals surface area contributed by atoms with Gasteiger partial charge in [-0.1, -0.05) is 11.8 Å². The van der Waals surface area contributed by atoms with Gasteiger partial charge >= 0.3 is 6.03 Å². The molecule has 8 heteroatoms. The number of hydrogen-bond donors (Lipinski definition) is 3. The van der Waals surface area contributed by atoms with Crippen molar-refractivity contribution in [1.82, 2.24) is 20.6 Å². The van der Waals surface area contributed by atoms with Gasteiger partial charge in [-0.25, -0.2) is 9.78 Å². The average molecular weight is 336 g/mol. The lowest BCUT2D eigenvalue weighted by Gasteiger charge is -2.09. The molecule has 2 aromatic rings. The lowest BCUT2D eigenvalue weighted by molar-refractivity contribution is -0.119. The minimum Gasteiger partial charge on any atom is -0.494 e. The number of benzene rings is 1. The van der Waals surface area contributed by atoms with Gasteiger partial charge in [-0.2, -0.15) is 0 Å². The Bertz CT molecular complexity index is 701. The fourth-order valence-electron chi connectivity index (χ4n) is 1.92. The molecule has 0 aliphatic carbocycles. The van der Waals surface area contributed by atoms with Crippen molar-refractivity contribution in [3.05, 3.63) is 18.2 Å². The molecule has 0 aliphatic heterocycles. The van der Waals surface area contributed by atoms with E-state index >= 15 is 0 Å². The number of nitrogens with zero attached hydrogens (tertiary/aromatic N) is 1. The van der Waals surface area contributed by atoms with E-state index in [0.717, 1.165) is 16.8 Å². The molecule has 1 atom stereocenters. The zero-order valence-electron chi connectivity index (χ0n) is 13.3. The Balaban J connectivity index is 2.03. The summed E-state index contributed by atoms with van der Waals surface area (Å²) in [7, 11) is 0. The van der Waals surface area contributed by atoms with Crippen molar-refractivity contribution >= 4 is 34.7 Å². The molecule has 1 heterocycles. The van der Waals surface area contributed by atoms with Gasteiger partial charge in [0.05, 0.1) is 22.9 Å². The minimum absolute atomic E-state index is 0.364. The number of urea groups is 1. The molecule has 0 spiro atoms. The standard InChI is InChI=1S/C15H20N4O3S/c1-4-16-14(21)19-13(20)9(3)23-15-17-11-7-6-10(22-5-2)8-12(11)18-15/h6-9H,4-5H2,1-3H3,(H,17,18)(H2,16,19,20,21)/t9-/m1/s1. The molecule has 23 heavy (non-hydrogen) atoms. The van der Waals surface area contributed by atoms with Gasteiger partial charge in [0.25, 0.3) is 0 Å². The summed E-state index contributed by atoms with van der Waals surface area (Å²) in [5.74, 6) is 0.402. The minimum atomic E-state index is -0.490. The summed E-state index contributed by atoms with van der Waals surface area (Å²) in [5.41, 5.74) is 1.64. The van der Waals surface area contributed by atoms with Gasteiger partial charge in [0.2, 0.25) is 5.91 Å². The Kier molecular flexibility index (Phi) is 5.86. The number of thioether (sulfide) groups is 1. The molecule has 0 radical (unpaired) electrons. The normalized spacial score (nSPS) is 12.0. The maximum absolute atomic E-state index is 11.9. The van der Waals surface area contributed by atoms with Crippen LogP contribution in [0.5, 0.6) is 5.75 Å². The second-order valence-corrected chi connectivity index (χ2v) is 6.09. The molecule has 0 aliphatic rings. The molecule has 3 N–H and O–H groups in total. The smallest absolute Gasteiger partial charge is 0.321 e. The van der Waals surface area contributed by atoms with Crippen molar-refractivity contribution in [2.45, 2.75) is 31.2 Å². The summed E-state index contributed by atoms with van der Waals surface area (Å²) in [6.07, 6.45) is 0. The summed E-state index contributed by atoms with van der Waals surface area (Å²) in [6, 6.07) is 5.10. The predicted octanol–water partition coefficient (Wildman–Crippen LogP) is 2.29. The van der Waals surface area contributed by atoms with Crippen LogP contribution in [0, 0.1) is 0 Å². The van der Waals surface area contributed by atoms with Gasteiger partial charge in [-0.3, -0.25) is 10.1 Å². The van der Waals surface area contributed by atoms with Gasteiger partial charge < -0.3 is 15.0 Å². The third kappa shape index (κ3) is 4.62.